The van der Waals surface area contributed by atoms with Gasteiger partial charge >= 0.3 is 0 Å². The number of benzene rings is 9. The van der Waals surface area contributed by atoms with Gasteiger partial charge < -0.3 is 4.57 Å². The molecule has 9 aromatic carbocycles. The van der Waals surface area contributed by atoms with Gasteiger partial charge in [-0.2, -0.15) is 0 Å². The van der Waals surface area contributed by atoms with Gasteiger partial charge in [0.05, 0.1) is 0 Å². The van der Waals surface area contributed by atoms with E-state index in [2.05, 4.69) is 185 Å². The summed E-state index contributed by atoms with van der Waals surface area (Å²) in [7, 11) is -3.09. The Bertz CT molecular complexity index is 3150. The Labute approximate surface area is 379 Å². The van der Waals surface area contributed by atoms with Crippen molar-refractivity contribution in [3.63, 3.8) is 0 Å². The van der Waals surface area contributed by atoms with E-state index in [1.54, 1.807) is 0 Å². The largest absolute Gasteiger partial charge is 0.309 e. The SMILES string of the molecule is C=C(/C=C\C(=C/C)c1ccccc1)c1c2ccccc2c(-c2ccc(-c3ccccc3)cc2)c2ccc(C(C)Cc3ccc(P(=O)(c4ccccc4)c4ccccc4)cc3CC)cc12. The quantitative estimate of drug-likeness (QED) is 0.0642. The van der Waals surface area contributed by atoms with Gasteiger partial charge in [-0.25, -0.2) is 0 Å². The van der Waals surface area contributed by atoms with Crippen molar-refractivity contribution in [2.75, 3.05) is 0 Å². The Morgan fingerprint density at radius 2 is 1.08 bits per heavy atom. The van der Waals surface area contributed by atoms with Gasteiger partial charge in [0, 0.05) is 15.9 Å². The van der Waals surface area contributed by atoms with E-state index in [1.807, 2.05) is 60.7 Å². The zero-order valence-electron chi connectivity index (χ0n) is 36.9. The molecule has 2 heteroatoms. The minimum absolute atomic E-state index is 0.208. The maximum absolute atomic E-state index is 15.3. The molecule has 64 heavy (non-hydrogen) atoms. The third-order valence-corrected chi connectivity index (χ3v) is 15.9. The van der Waals surface area contributed by atoms with Crippen molar-refractivity contribution in [1.29, 1.82) is 0 Å². The molecule has 0 fully saturated rings. The average Bonchev–Trinajstić information content (AvgIpc) is 3.36. The van der Waals surface area contributed by atoms with Crippen molar-refractivity contribution >= 4 is 55.7 Å². The summed E-state index contributed by atoms with van der Waals surface area (Å²) >= 11 is 0. The van der Waals surface area contributed by atoms with Crippen molar-refractivity contribution in [1.82, 2.24) is 0 Å². The van der Waals surface area contributed by atoms with Crippen LogP contribution >= 0.6 is 7.14 Å². The predicted octanol–water partition coefficient (Wildman–Crippen LogP) is 15.5. The fourth-order valence-corrected chi connectivity index (χ4v) is 12.1. The van der Waals surface area contributed by atoms with Crippen LogP contribution in [0.3, 0.4) is 0 Å². The van der Waals surface area contributed by atoms with Crippen LogP contribution in [0.2, 0.25) is 0 Å². The number of hydrogen-bond donors (Lipinski definition) is 0. The number of fused-ring (bicyclic) bond motifs is 2. The number of hydrogen-bond acceptors (Lipinski definition) is 1. The lowest BCUT2D eigenvalue weighted by Gasteiger charge is -2.23. The van der Waals surface area contributed by atoms with Crippen LogP contribution in [0.5, 0.6) is 0 Å². The summed E-state index contributed by atoms with van der Waals surface area (Å²) in [6, 6.07) is 72.6. The van der Waals surface area contributed by atoms with Crippen LogP contribution in [0.4, 0.5) is 0 Å². The van der Waals surface area contributed by atoms with Crippen molar-refractivity contribution in [2.24, 2.45) is 0 Å². The first-order valence-corrected chi connectivity index (χ1v) is 24.1. The van der Waals surface area contributed by atoms with Crippen LogP contribution in [0.25, 0.3) is 54.9 Å². The summed E-state index contributed by atoms with van der Waals surface area (Å²) in [6.07, 6.45) is 8.26. The molecule has 312 valence electrons. The minimum atomic E-state index is -3.09. The zero-order chi connectivity index (χ0) is 44.0. The van der Waals surface area contributed by atoms with Crippen LogP contribution in [0, 0.1) is 0 Å². The fraction of sp³-hybridized carbons (Fsp3) is 0.0968. The van der Waals surface area contributed by atoms with Crippen LogP contribution in [-0.2, 0) is 17.4 Å². The predicted molar refractivity (Wildman–Crippen MR) is 278 cm³/mol. The molecule has 0 saturated carbocycles. The zero-order valence-corrected chi connectivity index (χ0v) is 37.8. The lowest BCUT2D eigenvalue weighted by molar-refractivity contribution is 0.592. The Kier molecular flexibility index (Phi) is 12.4. The second-order valence-electron chi connectivity index (χ2n) is 16.7. The Balaban J connectivity index is 1.15. The molecule has 0 saturated heterocycles. The van der Waals surface area contributed by atoms with Crippen LogP contribution in [0.15, 0.2) is 231 Å². The van der Waals surface area contributed by atoms with E-state index >= 15 is 4.57 Å². The lowest BCUT2D eigenvalue weighted by atomic mass is 9.83. The molecule has 9 aromatic rings. The van der Waals surface area contributed by atoms with Gasteiger partial charge in [-0.15, -0.1) is 0 Å². The van der Waals surface area contributed by atoms with Crippen molar-refractivity contribution in [2.45, 2.75) is 39.5 Å². The molecular weight excluding hydrogens is 792 g/mol. The van der Waals surface area contributed by atoms with E-state index in [-0.39, 0.29) is 5.92 Å². The Morgan fingerprint density at radius 3 is 1.70 bits per heavy atom. The third-order valence-electron chi connectivity index (χ3n) is 12.8. The highest BCUT2D eigenvalue weighted by Gasteiger charge is 2.30. The summed E-state index contributed by atoms with van der Waals surface area (Å²) in [4.78, 5) is 0. The fourth-order valence-electron chi connectivity index (χ4n) is 9.39. The molecule has 0 bridgehead atoms. The van der Waals surface area contributed by atoms with Crippen LogP contribution in [-0.4, -0.2) is 0 Å². The molecule has 1 atom stereocenters. The molecule has 0 aromatic heterocycles. The summed E-state index contributed by atoms with van der Waals surface area (Å²) in [6.45, 7) is 11.4. The van der Waals surface area contributed by atoms with Gasteiger partial charge in [0.2, 0.25) is 0 Å². The first kappa shape index (κ1) is 42.3. The molecular formula is C62H53OP. The highest BCUT2D eigenvalue weighted by atomic mass is 31.2. The van der Waals surface area contributed by atoms with Gasteiger partial charge in [-0.3, -0.25) is 0 Å². The maximum Gasteiger partial charge on any atom is 0.171 e. The molecule has 9 rings (SSSR count). The molecule has 0 aliphatic heterocycles. The topological polar surface area (TPSA) is 17.1 Å². The van der Waals surface area contributed by atoms with E-state index in [9.17, 15) is 0 Å². The Morgan fingerprint density at radius 1 is 0.531 bits per heavy atom. The normalized spacial score (nSPS) is 12.5. The molecule has 0 aliphatic rings. The first-order valence-electron chi connectivity index (χ1n) is 22.4. The van der Waals surface area contributed by atoms with Gasteiger partial charge in [-0.05, 0) is 115 Å². The van der Waals surface area contributed by atoms with Crippen molar-refractivity contribution < 1.29 is 4.57 Å². The molecule has 1 nitrogen and oxygen atoms in total. The second-order valence-corrected chi connectivity index (χ2v) is 19.5. The Hall–Kier alpha value is -7.05. The van der Waals surface area contributed by atoms with Gasteiger partial charge in [-0.1, -0.05) is 239 Å². The average molecular weight is 845 g/mol. The minimum Gasteiger partial charge on any atom is -0.309 e. The maximum atomic E-state index is 15.3. The van der Waals surface area contributed by atoms with E-state index in [4.69, 9.17) is 6.58 Å². The molecule has 1 unspecified atom stereocenters. The van der Waals surface area contributed by atoms with E-state index in [0.717, 1.165) is 45.5 Å². The highest BCUT2D eigenvalue weighted by Crippen LogP contribution is 2.45. The highest BCUT2D eigenvalue weighted by molar-refractivity contribution is 7.85. The van der Waals surface area contributed by atoms with E-state index < -0.39 is 7.14 Å². The molecule has 0 radical (unpaired) electrons. The molecule has 0 spiro atoms. The first-order chi connectivity index (χ1) is 31.4. The van der Waals surface area contributed by atoms with Gasteiger partial charge in [0.1, 0.15) is 0 Å². The third kappa shape index (κ3) is 8.28. The molecule has 0 heterocycles. The summed E-state index contributed by atoms with van der Waals surface area (Å²) in [5.74, 6) is 0.208. The smallest absolute Gasteiger partial charge is 0.171 e. The molecule has 0 aliphatic carbocycles. The number of aryl methyl sites for hydroxylation is 1. The summed E-state index contributed by atoms with van der Waals surface area (Å²) in [5, 5.41) is 7.38. The van der Waals surface area contributed by atoms with Gasteiger partial charge in [0.15, 0.2) is 7.14 Å². The van der Waals surface area contributed by atoms with Crippen LogP contribution in [0.1, 0.15) is 54.5 Å². The van der Waals surface area contributed by atoms with E-state index in [1.165, 1.54) is 66.1 Å². The molecule has 0 amide bonds. The lowest BCUT2D eigenvalue weighted by Crippen LogP contribution is -2.25. The molecule has 0 N–H and O–H groups in total. The summed E-state index contributed by atoms with van der Waals surface area (Å²) < 4.78 is 15.3. The van der Waals surface area contributed by atoms with Crippen molar-refractivity contribution in [3.8, 4) is 22.3 Å². The number of rotatable bonds is 13. The monoisotopic (exact) mass is 844 g/mol. The second kappa shape index (κ2) is 18.7. The van der Waals surface area contributed by atoms with Crippen molar-refractivity contribution in [3.05, 3.63) is 259 Å². The summed E-state index contributed by atoms with van der Waals surface area (Å²) in [5.41, 5.74) is 13.1. The van der Waals surface area contributed by atoms with E-state index in [0.29, 0.717) is 0 Å². The number of allylic oxidation sites excluding steroid dienone is 5. The standard InChI is InChI=1S/C62H53OP/c1-5-46(48-21-11-7-12-22-48)32-31-44(3)61-57-29-19-20-30-58(57)62(51-35-33-50(34-36-51)49-23-13-8-14-24-49)59-40-38-52(43-60(59)61)45(4)41-53-37-39-56(42-47(53)6-2)64(63,54-25-15-9-16-26-54)55-27-17-10-18-28-55/h5,7-40,42-43,45H,3,6,41H2,1-2,4H3/b32-31-,46-5+. The van der Waals surface area contributed by atoms with Crippen LogP contribution < -0.4 is 15.9 Å². The van der Waals surface area contributed by atoms with Gasteiger partial charge in [0.25, 0.3) is 0 Å².